The lowest BCUT2D eigenvalue weighted by atomic mass is 10.1. The molecule has 2 aromatic carbocycles. The molecular weight excluding hydrogens is 521 g/mol. The van der Waals surface area contributed by atoms with Gasteiger partial charge in [0.15, 0.2) is 5.13 Å². The van der Waals surface area contributed by atoms with Crippen LogP contribution >= 0.6 is 51.3 Å². The van der Waals surface area contributed by atoms with E-state index in [0.717, 1.165) is 53.1 Å². The molecule has 0 radical (unpaired) electrons. The van der Waals surface area contributed by atoms with Crippen LogP contribution in [0.3, 0.4) is 0 Å². The van der Waals surface area contributed by atoms with Crippen LogP contribution in [-0.2, 0) is 4.74 Å². The Kier molecular flexibility index (Phi) is 8.35. The highest BCUT2D eigenvalue weighted by molar-refractivity contribution is 9.10. The molecule has 31 heavy (non-hydrogen) atoms. The number of amides is 1. The number of anilines is 1. The Labute approximate surface area is 205 Å². The summed E-state index contributed by atoms with van der Waals surface area (Å²) in [6, 6.07) is 9.53. The number of benzene rings is 2. The molecular formula is C22H24BrCl2N3O2S. The van der Waals surface area contributed by atoms with E-state index in [0.29, 0.717) is 22.3 Å². The highest BCUT2D eigenvalue weighted by atomic mass is 79.9. The Morgan fingerprint density at radius 1 is 1.26 bits per heavy atom. The van der Waals surface area contributed by atoms with E-state index in [2.05, 4.69) is 46.8 Å². The first-order valence-electron chi connectivity index (χ1n) is 9.88. The summed E-state index contributed by atoms with van der Waals surface area (Å²) in [4.78, 5) is 22.5. The van der Waals surface area contributed by atoms with Crippen molar-refractivity contribution < 1.29 is 9.53 Å². The molecule has 1 fully saturated rings. The van der Waals surface area contributed by atoms with Crippen molar-refractivity contribution in [2.24, 2.45) is 0 Å². The quantitative estimate of drug-likeness (QED) is 0.411. The summed E-state index contributed by atoms with van der Waals surface area (Å²) in [5, 5.41) is 1.14. The molecule has 0 saturated carbocycles. The molecule has 0 unspecified atom stereocenters. The third kappa shape index (κ3) is 5.41. The number of carbonyl (C=O) groups is 1. The molecule has 1 saturated heterocycles. The van der Waals surface area contributed by atoms with Crippen LogP contribution in [0, 0.1) is 13.8 Å². The van der Waals surface area contributed by atoms with Crippen LogP contribution in [0.1, 0.15) is 21.5 Å². The molecule has 5 nitrogen and oxygen atoms in total. The fourth-order valence-electron chi connectivity index (χ4n) is 3.49. The summed E-state index contributed by atoms with van der Waals surface area (Å²) in [5.41, 5.74) is 3.77. The van der Waals surface area contributed by atoms with Gasteiger partial charge in [0.1, 0.15) is 0 Å². The first-order chi connectivity index (χ1) is 14.4. The Morgan fingerprint density at radius 2 is 2.00 bits per heavy atom. The first kappa shape index (κ1) is 24.4. The second-order valence-corrected chi connectivity index (χ2v) is 9.72. The second-order valence-electron chi connectivity index (χ2n) is 7.39. The lowest BCUT2D eigenvalue weighted by Crippen LogP contribution is -2.43. The fourth-order valence-corrected chi connectivity index (χ4v) is 5.10. The summed E-state index contributed by atoms with van der Waals surface area (Å²) in [5.74, 6) is -0.136. The van der Waals surface area contributed by atoms with Crippen molar-refractivity contribution in [1.82, 2.24) is 9.88 Å². The SMILES string of the molecule is Cc1ccc2sc(N(CCN3CCOCC3)C(=O)c3cc(Br)ccc3Cl)nc2c1C.Cl. The van der Waals surface area contributed by atoms with Gasteiger partial charge in [-0.3, -0.25) is 14.6 Å². The number of hydrogen-bond acceptors (Lipinski definition) is 5. The first-order valence-corrected chi connectivity index (χ1v) is 11.9. The summed E-state index contributed by atoms with van der Waals surface area (Å²) in [6.45, 7) is 8.66. The van der Waals surface area contributed by atoms with Crippen molar-refractivity contribution in [3.63, 3.8) is 0 Å². The standard InChI is InChI=1S/C22H23BrClN3O2S.ClH/c1-14-3-6-19-20(15(14)2)25-22(30-19)27(8-7-26-9-11-29-12-10-26)21(28)17-13-16(23)4-5-18(17)24;/h3-6,13H,7-12H2,1-2H3;1H. The Morgan fingerprint density at radius 3 is 2.74 bits per heavy atom. The maximum Gasteiger partial charge on any atom is 0.261 e. The molecule has 1 aromatic heterocycles. The minimum atomic E-state index is -0.136. The summed E-state index contributed by atoms with van der Waals surface area (Å²) < 4.78 is 7.35. The molecule has 9 heteroatoms. The van der Waals surface area contributed by atoms with Crippen molar-refractivity contribution in [3.05, 3.63) is 56.5 Å². The number of hydrogen-bond donors (Lipinski definition) is 0. The van der Waals surface area contributed by atoms with Gasteiger partial charge in [0.2, 0.25) is 0 Å². The van der Waals surface area contributed by atoms with Crippen molar-refractivity contribution in [3.8, 4) is 0 Å². The molecule has 2 heterocycles. The van der Waals surface area contributed by atoms with E-state index in [1.165, 1.54) is 5.56 Å². The van der Waals surface area contributed by atoms with Crippen LogP contribution < -0.4 is 4.90 Å². The molecule has 3 aromatic rings. The van der Waals surface area contributed by atoms with Gasteiger partial charge in [-0.1, -0.05) is 44.9 Å². The average molecular weight is 545 g/mol. The predicted molar refractivity (Wildman–Crippen MR) is 134 cm³/mol. The van der Waals surface area contributed by atoms with Gasteiger partial charge in [0.05, 0.1) is 34.0 Å². The summed E-state index contributed by atoms with van der Waals surface area (Å²) in [6.07, 6.45) is 0. The zero-order valence-corrected chi connectivity index (χ0v) is 21.3. The van der Waals surface area contributed by atoms with E-state index in [-0.39, 0.29) is 18.3 Å². The number of morpholine rings is 1. The third-order valence-electron chi connectivity index (χ3n) is 5.45. The van der Waals surface area contributed by atoms with Crippen LogP contribution in [-0.4, -0.2) is 55.2 Å². The van der Waals surface area contributed by atoms with E-state index in [1.54, 1.807) is 28.4 Å². The molecule has 0 atom stereocenters. The average Bonchev–Trinajstić information content (AvgIpc) is 3.18. The number of rotatable bonds is 5. The van der Waals surface area contributed by atoms with Crippen molar-refractivity contribution in [1.29, 1.82) is 0 Å². The van der Waals surface area contributed by atoms with Crippen LogP contribution in [0.2, 0.25) is 5.02 Å². The van der Waals surface area contributed by atoms with Crippen LogP contribution in [0.15, 0.2) is 34.8 Å². The third-order valence-corrected chi connectivity index (χ3v) is 7.32. The minimum absolute atomic E-state index is 0. The van der Waals surface area contributed by atoms with E-state index >= 15 is 0 Å². The van der Waals surface area contributed by atoms with Gasteiger partial charge in [-0.2, -0.15) is 0 Å². The van der Waals surface area contributed by atoms with E-state index < -0.39 is 0 Å². The lowest BCUT2D eigenvalue weighted by Gasteiger charge is -2.29. The smallest absolute Gasteiger partial charge is 0.261 e. The van der Waals surface area contributed by atoms with Gasteiger partial charge in [-0.25, -0.2) is 4.98 Å². The maximum absolute atomic E-state index is 13.6. The molecule has 1 amide bonds. The topological polar surface area (TPSA) is 45.7 Å². The zero-order valence-electron chi connectivity index (χ0n) is 17.4. The maximum atomic E-state index is 13.6. The van der Waals surface area contributed by atoms with E-state index in [9.17, 15) is 4.79 Å². The van der Waals surface area contributed by atoms with Gasteiger partial charge < -0.3 is 4.74 Å². The Hall–Kier alpha value is -1.22. The molecule has 1 aliphatic heterocycles. The lowest BCUT2D eigenvalue weighted by molar-refractivity contribution is 0.0391. The zero-order chi connectivity index (χ0) is 21.3. The van der Waals surface area contributed by atoms with E-state index in [4.69, 9.17) is 21.3 Å². The number of thiazole rings is 1. The minimum Gasteiger partial charge on any atom is -0.379 e. The Bertz CT molecular complexity index is 1090. The molecule has 0 spiro atoms. The molecule has 0 bridgehead atoms. The number of ether oxygens (including phenoxy) is 1. The largest absolute Gasteiger partial charge is 0.379 e. The van der Waals surface area contributed by atoms with Gasteiger partial charge in [-0.05, 0) is 49.2 Å². The fraction of sp³-hybridized carbons (Fsp3) is 0.364. The van der Waals surface area contributed by atoms with Crippen LogP contribution in [0.25, 0.3) is 10.2 Å². The predicted octanol–water partition coefficient (Wildman–Crippen LogP) is 5.73. The summed E-state index contributed by atoms with van der Waals surface area (Å²) in [7, 11) is 0. The normalized spacial score (nSPS) is 14.5. The second kappa shape index (κ2) is 10.6. The van der Waals surface area contributed by atoms with Gasteiger partial charge in [-0.15, -0.1) is 12.4 Å². The van der Waals surface area contributed by atoms with Crippen molar-refractivity contribution in [2.75, 3.05) is 44.3 Å². The number of nitrogens with zero attached hydrogens (tertiary/aromatic N) is 3. The molecule has 4 rings (SSSR count). The Balaban J connectivity index is 0.00000272. The molecule has 1 aliphatic rings. The van der Waals surface area contributed by atoms with Crippen LogP contribution in [0.5, 0.6) is 0 Å². The number of carbonyl (C=O) groups excluding carboxylic acids is 1. The molecule has 0 N–H and O–H groups in total. The van der Waals surface area contributed by atoms with E-state index in [1.807, 2.05) is 6.07 Å². The van der Waals surface area contributed by atoms with Gasteiger partial charge in [0, 0.05) is 30.7 Å². The number of fused-ring (bicyclic) bond motifs is 1. The molecule has 0 aliphatic carbocycles. The molecule has 166 valence electrons. The van der Waals surface area contributed by atoms with Crippen molar-refractivity contribution in [2.45, 2.75) is 13.8 Å². The van der Waals surface area contributed by atoms with Gasteiger partial charge in [0.25, 0.3) is 5.91 Å². The number of aromatic nitrogens is 1. The van der Waals surface area contributed by atoms with Crippen LogP contribution in [0.4, 0.5) is 5.13 Å². The monoisotopic (exact) mass is 543 g/mol. The van der Waals surface area contributed by atoms with Gasteiger partial charge >= 0.3 is 0 Å². The number of halogens is 3. The highest BCUT2D eigenvalue weighted by Gasteiger charge is 2.25. The highest BCUT2D eigenvalue weighted by Crippen LogP contribution is 2.33. The van der Waals surface area contributed by atoms with Crippen molar-refractivity contribution >= 4 is 72.5 Å². The summed E-state index contributed by atoms with van der Waals surface area (Å²) >= 11 is 11.4. The number of aryl methyl sites for hydroxylation is 2.